The van der Waals surface area contributed by atoms with Crippen molar-refractivity contribution in [1.29, 1.82) is 0 Å². The number of aromatic amines is 1. The highest BCUT2D eigenvalue weighted by molar-refractivity contribution is 5.93. The van der Waals surface area contributed by atoms with Crippen LogP contribution < -0.4 is 5.56 Å². The highest BCUT2D eigenvalue weighted by Crippen LogP contribution is 2.36. The van der Waals surface area contributed by atoms with Crippen molar-refractivity contribution >= 4 is 5.91 Å². The molecule has 1 aliphatic carbocycles. The molecule has 0 spiro atoms. The van der Waals surface area contributed by atoms with Gasteiger partial charge in [0.25, 0.3) is 5.91 Å². The molecule has 0 radical (unpaired) electrons. The second-order valence-electron chi connectivity index (χ2n) is 6.25. The minimum absolute atomic E-state index is 0.0130. The maximum absolute atomic E-state index is 12.3. The average Bonchev–Trinajstić information content (AvgIpc) is 2.38. The number of amides is 1. The van der Waals surface area contributed by atoms with Crippen molar-refractivity contribution < 1.29 is 4.79 Å². The summed E-state index contributed by atoms with van der Waals surface area (Å²) in [5.74, 6) is -0.0130. The molecule has 0 atom stereocenters. The lowest BCUT2D eigenvalue weighted by atomic mass is 9.75. The van der Waals surface area contributed by atoms with Gasteiger partial charge in [0, 0.05) is 25.4 Å². The van der Waals surface area contributed by atoms with E-state index < -0.39 is 0 Å². The minimum atomic E-state index is -0.182. The van der Waals surface area contributed by atoms with E-state index >= 15 is 0 Å². The fraction of sp³-hybridized carbons (Fsp3) is 0.600. The average molecular weight is 262 g/mol. The van der Waals surface area contributed by atoms with Crippen LogP contribution in [-0.2, 0) is 0 Å². The molecule has 2 rings (SSSR count). The molecule has 1 saturated carbocycles. The van der Waals surface area contributed by atoms with Gasteiger partial charge >= 0.3 is 0 Å². The standard InChI is InChI=1S/C15H22N2O2/c1-15(2)8-6-12(7-9-15)17(3)14(19)11-4-5-13(18)16-10-11/h4-5,10,12H,6-9H2,1-3H3,(H,16,18). The third kappa shape index (κ3) is 3.25. The molecule has 1 aromatic heterocycles. The molecule has 0 aliphatic heterocycles. The fourth-order valence-corrected chi connectivity index (χ4v) is 2.68. The number of carbonyl (C=O) groups excluding carboxylic acids is 1. The third-order valence-electron chi connectivity index (χ3n) is 4.21. The van der Waals surface area contributed by atoms with Crippen LogP contribution in [0.25, 0.3) is 0 Å². The van der Waals surface area contributed by atoms with Crippen LogP contribution in [-0.4, -0.2) is 28.9 Å². The van der Waals surface area contributed by atoms with Gasteiger partial charge in [0.05, 0.1) is 5.56 Å². The van der Waals surface area contributed by atoms with Crippen molar-refractivity contribution in [3.05, 3.63) is 34.2 Å². The molecule has 104 valence electrons. The molecule has 1 amide bonds. The molecule has 1 N–H and O–H groups in total. The maximum Gasteiger partial charge on any atom is 0.255 e. The van der Waals surface area contributed by atoms with E-state index in [1.807, 2.05) is 11.9 Å². The summed E-state index contributed by atoms with van der Waals surface area (Å²) in [7, 11) is 1.86. The minimum Gasteiger partial charge on any atom is -0.339 e. The van der Waals surface area contributed by atoms with Gasteiger partial charge in [-0.3, -0.25) is 9.59 Å². The number of rotatable bonds is 2. The Morgan fingerprint density at radius 2 is 1.95 bits per heavy atom. The molecule has 1 heterocycles. The Hall–Kier alpha value is -1.58. The van der Waals surface area contributed by atoms with E-state index in [0.29, 0.717) is 17.0 Å². The van der Waals surface area contributed by atoms with Gasteiger partial charge in [0.1, 0.15) is 0 Å². The van der Waals surface area contributed by atoms with Crippen LogP contribution in [0.1, 0.15) is 49.9 Å². The lowest BCUT2D eigenvalue weighted by Gasteiger charge is -2.38. The Labute approximate surface area is 113 Å². The van der Waals surface area contributed by atoms with Crippen LogP contribution >= 0.6 is 0 Å². The Morgan fingerprint density at radius 3 is 2.47 bits per heavy atom. The first kappa shape index (κ1) is 13.8. The third-order valence-corrected chi connectivity index (χ3v) is 4.21. The van der Waals surface area contributed by atoms with Crippen molar-refractivity contribution in [2.75, 3.05) is 7.05 Å². The predicted molar refractivity (Wildman–Crippen MR) is 75.2 cm³/mol. The van der Waals surface area contributed by atoms with E-state index in [2.05, 4.69) is 18.8 Å². The Balaban J connectivity index is 2.04. The summed E-state index contributed by atoms with van der Waals surface area (Å²) >= 11 is 0. The van der Waals surface area contributed by atoms with E-state index in [1.54, 1.807) is 6.07 Å². The first-order valence-corrected chi connectivity index (χ1v) is 6.85. The first-order chi connectivity index (χ1) is 8.89. The van der Waals surface area contributed by atoms with Gasteiger partial charge in [0.15, 0.2) is 0 Å². The molecule has 4 nitrogen and oxygen atoms in total. The summed E-state index contributed by atoms with van der Waals surface area (Å²) in [6.07, 6.45) is 5.91. The normalized spacial score (nSPS) is 19.1. The highest BCUT2D eigenvalue weighted by Gasteiger charge is 2.30. The number of nitrogens with zero attached hydrogens (tertiary/aromatic N) is 1. The van der Waals surface area contributed by atoms with Gasteiger partial charge in [-0.25, -0.2) is 0 Å². The predicted octanol–water partition coefficient (Wildman–Crippen LogP) is 2.42. The van der Waals surface area contributed by atoms with Gasteiger partial charge in [-0.05, 0) is 37.2 Å². The molecule has 0 aromatic carbocycles. The van der Waals surface area contributed by atoms with Crippen molar-refractivity contribution in [3.63, 3.8) is 0 Å². The number of pyridine rings is 1. The second kappa shape index (κ2) is 5.19. The smallest absolute Gasteiger partial charge is 0.255 e. The topological polar surface area (TPSA) is 53.2 Å². The number of carbonyl (C=O) groups is 1. The summed E-state index contributed by atoms with van der Waals surface area (Å²) in [5, 5.41) is 0. The van der Waals surface area contributed by atoms with Crippen LogP contribution in [0, 0.1) is 5.41 Å². The zero-order chi connectivity index (χ0) is 14.0. The lowest BCUT2D eigenvalue weighted by molar-refractivity contribution is 0.0635. The molecule has 4 heteroatoms. The summed E-state index contributed by atoms with van der Waals surface area (Å²) in [4.78, 5) is 27.7. The van der Waals surface area contributed by atoms with E-state index in [4.69, 9.17) is 0 Å². The van der Waals surface area contributed by atoms with Crippen LogP contribution in [0.15, 0.2) is 23.1 Å². The van der Waals surface area contributed by atoms with Gasteiger partial charge in [-0.1, -0.05) is 13.8 Å². The molecule has 1 aliphatic rings. The lowest BCUT2D eigenvalue weighted by Crippen LogP contribution is -2.41. The van der Waals surface area contributed by atoms with Crippen molar-refractivity contribution in [3.8, 4) is 0 Å². The molecule has 1 aromatic rings. The number of aromatic nitrogens is 1. The van der Waals surface area contributed by atoms with E-state index in [0.717, 1.165) is 25.7 Å². The zero-order valence-electron chi connectivity index (χ0n) is 11.9. The summed E-state index contributed by atoms with van der Waals surface area (Å²) in [5.41, 5.74) is 0.767. The number of hydrogen-bond donors (Lipinski definition) is 1. The number of hydrogen-bond acceptors (Lipinski definition) is 2. The largest absolute Gasteiger partial charge is 0.339 e. The zero-order valence-corrected chi connectivity index (χ0v) is 11.9. The fourth-order valence-electron chi connectivity index (χ4n) is 2.68. The van der Waals surface area contributed by atoms with Crippen LogP contribution in [0.2, 0.25) is 0 Å². The number of nitrogens with one attached hydrogen (secondary N) is 1. The SMILES string of the molecule is CN(C(=O)c1ccc(=O)[nH]c1)C1CCC(C)(C)CC1. The molecule has 0 saturated heterocycles. The molecule has 1 fully saturated rings. The van der Waals surface area contributed by atoms with Crippen molar-refractivity contribution in [2.45, 2.75) is 45.6 Å². The Morgan fingerprint density at radius 1 is 1.32 bits per heavy atom. The Kier molecular flexibility index (Phi) is 3.78. The maximum atomic E-state index is 12.3. The monoisotopic (exact) mass is 262 g/mol. The Bertz CT molecular complexity index is 489. The molecule has 0 unspecified atom stereocenters. The van der Waals surface area contributed by atoms with Gasteiger partial charge in [-0.15, -0.1) is 0 Å². The van der Waals surface area contributed by atoms with Crippen LogP contribution in [0.4, 0.5) is 0 Å². The van der Waals surface area contributed by atoms with Gasteiger partial charge < -0.3 is 9.88 Å². The molecule has 0 bridgehead atoms. The highest BCUT2D eigenvalue weighted by atomic mass is 16.2. The second-order valence-corrected chi connectivity index (χ2v) is 6.25. The summed E-state index contributed by atoms with van der Waals surface area (Å²) < 4.78 is 0. The molecule has 19 heavy (non-hydrogen) atoms. The molecular weight excluding hydrogens is 240 g/mol. The first-order valence-electron chi connectivity index (χ1n) is 6.85. The van der Waals surface area contributed by atoms with Crippen molar-refractivity contribution in [2.24, 2.45) is 5.41 Å². The summed E-state index contributed by atoms with van der Waals surface area (Å²) in [6.45, 7) is 4.57. The van der Waals surface area contributed by atoms with E-state index in [1.165, 1.54) is 12.3 Å². The number of H-pyrrole nitrogens is 1. The van der Waals surface area contributed by atoms with Crippen LogP contribution in [0.5, 0.6) is 0 Å². The molecular formula is C15H22N2O2. The van der Waals surface area contributed by atoms with Gasteiger partial charge in [0.2, 0.25) is 5.56 Å². The van der Waals surface area contributed by atoms with Gasteiger partial charge in [-0.2, -0.15) is 0 Å². The quantitative estimate of drug-likeness (QED) is 0.890. The van der Waals surface area contributed by atoms with E-state index in [9.17, 15) is 9.59 Å². The van der Waals surface area contributed by atoms with Crippen LogP contribution in [0.3, 0.4) is 0 Å². The summed E-state index contributed by atoms with van der Waals surface area (Å²) in [6, 6.07) is 3.29. The van der Waals surface area contributed by atoms with E-state index in [-0.39, 0.29) is 11.5 Å². The van der Waals surface area contributed by atoms with Crippen molar-refractivity contribution in [1.82, 2.24) is 9.88 Å².